The Bertz CT molecular complexity index is 1350. The molecule has 4 aromatic rings. The van der Waals surface area contributed by atoms with Crippen molar-refractivity contribution in [3.8, 4) is 0 Å². The minimum absolute atomic E-state index is 0.0430. The summed E-state index contributed by atoms with van der Waals surface area (Å²) in [4.78, 5) is 19.3. The molecule has 0 bridgehead atoms. The summed E-state index contributed by atoms with van der Waals surface area (Å²) in [5, 5.41) is 4.25. The Hall–Kier alpha value is -3.07. The van der Waals surface area contributed by atoms with E-state index >= 15 is 0 Å². The van der Waals surface area contributed by atoms with Crippen LogP contribution in [0.1, 0.15) is 46.6 Å². The predicted molar refractivity (Wildman–Crippen MR) is 129 cm³/mol. The first-order chi connectivity index (χ1) is 16.2. The molecule has 9 heteroatoms. The lowest BCUT2D eigenvalue weighted by Gasteiger charge is -2.36. The average Bonchev–Trinajstić information content (AvgIpc) is 3.43. The van der Waals surface area contributed by atoms with Crippen molar-refractivity contribution >= 4 is 38.8 Å². The third-order valence-corrected chi connectivity index (χ3v) is 7.70. The van der Waals surface area contributed by atoms with Crippen LogP contribution in [0.4, 0.5) is 19.0 Å². The molecule has 0 spiro atoms. The minimum atomic E-state index is -4.48. The van der Waals surface area contributed by atoms with Crippen LogP contribution in [0.3, 0.4) is 0 Å². The molecule has 34 heavy (non-hydrogen) atoms. The molecule has 0 unspecified atom stereocenters. The van der Waals surface area contributed by atoms with Crippen molar-refractivity contribution in [3.05, 3.63) is 64.8 Å². The number of carbonyl (C=O) groups is 1. The number of carbonyl (C=O) groups excluding carboxylic acids is 1. The van der Waals surface area contributed by atoms with Crippen molar-refractivity contribution in [1.82, 2.24) is 14.7 Å². The van der Waals surface area contributed by atoms with Crippen molar-refractivity contribution in [1.29, 1.82) is 0 Å². The van der Waals surface area contributed by atoms with Crippen LogP contribution in [0.2, 0.25) is 0 Å². The number of pyridine rings is 1. The number of alkyl halides is 3. The van der Waals surface area contributed by atoms with Gasteiger partial charge in [0.15, 0.2) is 5.69 Å². The number of benzene rings is 1. The Balaban J connectivity index is 1.24. The average molecular weight is 487 g/mol. The van der Waals surface area contributed by atoms with E-state index in [1.807, 2.05) is 43.1 Å². The Morgan fingerprint density at radius 1 is 1.15 bits per heavy atom. The number of amides is 1. The lowest BCUT2D eigenvalue weighted by molar-refractivity contribution is -0.140. The normalized spacial score (nSPS) is 19.0. The van der Waals surface area contributed by atoms with Crippen LogP contribution in [0.15, 0.2) is 48.7 Å². The Kier molecular flexibility index (Phi) is 5.75. The second-order valence-corrected chi connectivity index (χ2v) is 10.1. The van der Waals surface area contributed by atoms with Gasteiger partial charge in [0.25, 0.3) is 5.91 Å². The number of rotatable bonds is 4. The van der Waals surface area contributed by atoms with Gasteiger partial charge in [-0.15, -0.1) is 11.3 Å². The van der Waals surface area contributed by atoms with Crippen LogP contribution in [0.5, 0.6) is 0 Å². The van der Waals surface area contributed by atoms with E-state index in [4.69, 9.17) is 0 Å². The Morgan fingerprint density at radius 2 is 1.91 bits per heavy atom. The number of anilines is 1. The molecule has 1 N–H and O–H groups in total. The van der Waals surface area contributed by atoms with E-state index in [0.717, 1.165) is 42.0 Å². The highest BCUT2D eigenvalue weighted by atomic mass is 32.1. The van der Waals surface area contributed by atoms with E-state index in [1.165, 1.54) is 21.3 Å². The highest BCUT2D eigenvalue weighted by Crippen LogP contribution is 2.32. The summed E-state index contributed by atoms with van der Waals surface area (Å²) >= 11 is 1.51. The molecular weight excluding hydrogens is 461 g/mol. The van der Waals surface area contributed by atoms with Crippen molar-refractivity contribution in [3.63, 3.8) is 0 Å². The van der Waals surface area contributed by atoms with Crippen LogP contribution in [-0.4, -0.2) is 34.4 Å². The molecular formula is C25H25F3N4OS. The zero-order chi connectivity index (χ0) is 24.0. The molecule has 1 amide bonds. The van der Waals surface area contributed by atoms with Gasteiger partial charge in [-0.05, 0) is 67.8 Å². The van der Waals surface area contributed by atoms with Gasteiger partial charge >= 0.3 is 6.18 Å². The number of nitrogens with one attached hydrogen (secondary N) is 1. The summed E-state index contributed by atoms with van der Waals surface area (Å²) in [5.74, 6) is 0.632. The second kappa shape index (κ2) is 8.61. The van der Waals surface area contributed by atoms with E-state index in [2.05, 4.69) is 16.4 Å². The zero-order valence-corrected chi connectivity index (χ0v) is 19.7. The molecule has 3 heterocycles. The number of fused-ring (bicyclic) bond motifs is 2. The monoisotopic (exact) mass is 486 g/mol. The summed E-state index contributed by atoms with van der Waals surface area (Å²) in [7, 11) is 1.91. The van der Waals surface area contributed by atoms with Gasteiger partial charge in [0.05, 0.1) is 4.88 Å². The summed E-state index contributed by atoms with van der Waals surface area (Å²) < 4.78 is 42.0. The first-order valence-corrected chi connectivity index (χ1v) is 12.1. The number of hydrogen-bond donors (Lipinski definition) is 1. The second-order valence-electron chi connectivity index (χ2n) is 8.98. The van der Waals surface area contributed by atoms with E-state index < -0.39 is 11.9 Å². The van der Waals surface area contributed by atoms with Crippen molar-refractivity contribution < 1.29 is 18.0 Å². The molecule has 178 valence electrons. The number of halogens is 3. The van der Waals surface area contributed by atoms with Crippen LogP contribution in [0, 0.1) is 6.92 Å². The predicted octanol–water partition coefficient (Wildman–Crippen LogP) is 6.05. The number of thiophene rings is 1. The van der Waals surface area contributed by atoms with Gasteiger partial charge in [-0.1, -0.05) is 18.2 Å². The smallest absolute Gasteiger partial charge is 0.358 e. The first-order valence-electron chi connectivity index (χ1n) is 11.3. The van der Waals surface area contributed by atoms with Crippen molar-refractivity contribution in [2.24, 2.45) is 0 Å². The Morgan fingerprint density at radius 3 is 2.65 bits per heavy atom. The van der Waals surface area contributed by atoms with E-state index in [9.17, 15) is 18.0 Å². The van der Waals surface area contributed by atoms with Crippen molar-refractivity contribution in [2.75, 3.05) is 11.9 Å². The molecule has 5 nitrogen and oxygen atoms in total. The highest BCUT2D eigenvalue weighted by Gasteiger charge is 2.34. The quantitative estimate of drug-likeness (QED) is 0.382. The molecule has 3 aromatic heterocycles. The molecule has 1 aliphatic carbocycles. The third kappa shape index (κ3) is 4.36. The van der Waals surface area contributed by atoms with Gasteiger partial charge < -0.3 is 10.2 Å². The van der Waals surface area contributed by atoms with Gasteiger partial charge in [0, 0.05) is 30.0 Å². The maximum Gasteiger partial charge on any atom is 0.434 e. The zero-order valence-electron chi connectivity index (χ0n) is 18.9. The summed E-state index contributed by atoms with van der Waals surface area (Å²) in [6.07, 6.45) is -0.115. The van der Waals surface area contributed by atoms with Gasteiger partial charge in [0.1, 0.15) is 11.5 Å². The molecule has 0 aliphatic heterocycles. The minimum Gasteiger partial charge on any atom is -0.358 e. The first kappa shape index (κ1) is 22.7. The van der Waals surface area contributed by atoms with Gasteiger partial charge in [-0.25, -0.2) is 4.98 Å². The number of aryl methyl sites for hydroxylation is 1. The molecule has 1 aromatic carbocycles. The maximum atomic E-state index is 13.1. The maximum absolute atomic E-state index is 13.1. The molecule has 5 rings (SSSR count). The fourth-order valence-corrected chi connectivity index (χ4v) is 5.79. The highest BCUT2D eigenvalue weighted by molar-refractivity contribution is 7.20. The third-order valence-electron chi connectivity index (χ3n) is 6.60. The lowest BCUT2D eigenvalue weighted by atomic mass is 9.90. The lowest BCUT2D eigenvalue weighted by Crippen LogP contribution is -2.43. The SMILES string of the molecule is Cc1ccc2cc(C(=O)N[C@H]3CC[C@@H](N(C)c4cccc5nc(C(F)(F)F)cn45)CC3)sc2c1. The van der Waals surface area contributed by atoms with E-state index in [1.54, 1.807) is 12.1 Å². The van der Waals surface area contributed by atoms with Gasteiger partial charge in [-0.2, -0.15) is 13.2 Å². The number of imidazole rings is 1. The molecule has 1 aliphatic rings. The van der Waals surface area contributed by atoms with Crippen LogP contribution in [-0.2, 0) is 6.18 Å². The fraction of sp³-hybridized carbons (Fsp3) is 0.360. The number of nitrogens with zero attached hydrogens (tertiary/aromatic N) is 3. The summed E-state index contributed by atoms with van der Waals surface area (Å²) in [6, 6.07) is 13.5. The standard InChI is InChI=1S/C25H25F3N4OS/c1-15-6-7-16-13-20(34-19(16)12-15)24(33)29-17-8-10-18(11-9-17)31(2)23-5-3-4-22-30-21(14-32(22)23)25(26,27)28/h3-7,12-14,17-18H,8-11H2,1-2H3,(H,29,33)/t17-,18+. The van der Waals surface area contributed by atoms with Crippen LogP contribution >= 0.6 is 11.3 Å². The molecule has 0 saturated heterocycles. The van der Waals surface area contributed by atoms with Crippen LogP contribution in [0.25, 0.3) is 15.7 Å². The molecule has 0 radical (unpaired) electrons. The van der Waals surface area contributed by atoms with Crippen LogP contribution < -0.4 is 10.2 Å². The Labute approximate surface area is 199 Å². The number of aromatic nitrogens is 2. The largest absolute Gasteiger partial charge is 0.434 e. The molecule has 1 fully saturated rings. The summed E-state index contributed by atoms with van der Waals surface area (Å²) in [6.45, 7) is 2.04. The van der Waals surface area contributed by atoms with Gasteiger partial charge in [0.2, 0.25) is 0 Å². The fourth-order valence-electron chi connectivity index (χ4n) is 4.72. The van der Waals surface area contributed by atoms with E-state index in [0.29, 0.717) is 10.7 Å². The topological polar surface area (TPSA) is 49.6 Å². The van der Waals surface area contributed by atoms with Crippen molar-refractivity contribution in [2.45, 2.75) is 50.9 Å². The van der Waals surface area contributed by atoms with E-state index in [-0.39, 0.29) is 23.6 Å². The number of hydrogen-bond acceptors (Lipinski definition) is 4. The summed E-state index contributed by atoms with van der Waals surface area (Å²) in [5.41, 5.74) is 0.553. The van der Waals surface area contributed by atoms with Gasteiger partial charge in [-0.3, -0.25) is 9.20 Å². The molecule has 0 atom stereocenters. The molecule has 1 saturated carbocycles.